The quantitative estimate of drug-likeness (QED) is 0.762. The lowest BCUT2D eigenvalue weighted by atomic mass is 10.1. The van der Waals surface area contributed by atoms with Crippen molar-refractivity contribution in [3.63, 3.8) is 0 Å². The standard InChI is InChI=1S/C17H18ClNO/c1-13-7-3-6-10-16(13)19(2)12-11-17(20)14-8-4-5-9-15(14)18/h3-10H,11-12H2,1-2H3. The van der Waals surface area contributed by atoms with Crippen molar-refractivity contribution in [3.8, 4) is 0 Å². The lowest BCUT2D eigenvalue weighted by Crippen LogP contribution is -2.22. The van der Waals surface area contributed by atoms with Crippen molar-refractivity contribution < 1.29 is 4.79 Å². The van der Waals surface area contributed by atoms with Gasteiger partial charge in [-0.05, 0) is 30.7 Å². The smallest absolute Gasteiger partial charge is 0.166 e. The Kier molecular flexibility index (Phi) is 4.80. The molecule has 2 rings (SSSR count). The first-order valence-corrected chi connectivity index (χ1v) is 7.02. The summed E-state index contributed by atoms with van der Waals surface area (Å²) in [7, 11) is 2.00. The number of anilines is 1. The number of aryl methyl sites for hydroxylation is 1. The van der Waals surface area contributed by atoms with Crippen molar-refractivity contribution in [3.05, 3.63) is 64.7 Å². The molecule has 2 aromatic rings. The maximum Gasteiger partial charge on any atom is 0.166 e. The molecule has 0 aromatic heterocycles. The molecular formula is C17H18ClNO. The van der Waals surface area contributed by atoms with Crippen LogP contribution in [0, 0.1) is 6.92 Å². The number of rotatable bonds is 5. The molecule has 3 heteroatoms. The van der Waals surface area contributed by atoms with E-state index < -0.39 is 0 Å². The normalized spacial score (nSPS) is 10.3. The molecule has 0 aliphatic rings. The first-order chi connectivity index (χ1) is 9.59. The maximum absolute atomic E-state index is 12.2. The Morgan fingerprint density at radius 2 is 1.75 bits per heavy atom. The highest BCUT2D eigenvalue weighted by atomic mass is 35.5. The van der Waals surface area contributed by atoms with Crippen LogP contribution in [0.1, 0.15) is 22.3 Å². The molecule has 0 saturated heterocycles. The van der Waals surface area contributed by atoms with Crippen LogP contribution in [0.15, 0.2) is 48.5 Å². The van der Waals surface area contributed by atoms with E-state index >= 15 is 0 Å². The highest BCUT2D eigenvalue weighted by Crippen LogP contribution is 2.20. The predicted octanol–water partition coefficient (Wildman–Crippen LogP) is 4.36. The lowest BCUT2D eigenvalue weighted by molar-refractivity contribution is 0.0985. The summed E-state index contributed by atoms with van der Waals surface area (Å²) in [6, 6.07) is 15.4. The fourth-order valence-electron chi connectivity index (χ4n) is 2.20. The van der Waals surface area contributed by atoms with Crippen LogP contribution in [-0.4, -0.2) is 19.4 Å². The minimum Gasteiger partial charge on any atom is -0.374 e. The van der Waals surface area contributed by atoms with Crippen LogP contribution in [-0.2, 0) is 0 Å². The fourth-order valence-corrected chi connectivity index (χ4v) is 2.44. The average Bonchev–Trinajstić information content (AvgIpc) is 2.45. The van der Waals surface area contributed by atoms with Crippen molar-refractivity contribution >= 4 is 23.1 Å². The van der Waals surface area contributed by atoms with E-state index in [4.69, 9.17) is 11.6 Å². The second-order valence-corrected chi connectivity index (χ2v) is 5.27. The summed E-state index contributed by atoms with van der Waals surface area (Å²) in [5, 5.41) is 0.524. The van der Waals surface area contributed by atoms with E-state index in [1.54, 1.807) is 12.1 Å². The molecule has 20 heavy (non-hydrogen) atoms. The van der Waals surface area contributed by atoms with E-state index in [9.17, 15) is 4.79 Å². The fraction of sp³-hybridized carbons (Fsp3) is 0.235. The van der Waals surface area contributed by atoms with Gasteiger partial charge in [-0.25, -0.2) is 0 Å². The number of benzene rings is 2. The summed E-state index contributed by atoms with van der Waals surface area (Å²) in [5.74, 6) is 0.0797. The van der Waals surface area contributed by atoms with Crippen LogP contribution >= 0.6 is 11.6 Å². The molecule has 0 aliphatic carbocycles. The highest BCUT2D eigenvalue weighted by Gasteiger charge is 2.11. The van der Waals surface area contributed by atoms with Gasteiger partial charge in [0.15, 0.2) is 5.78 Å². The highest BCUT2D eigenvalue weighted by molar-refractivity contribution is 6.33. The van der Waals surface area contributed by atoms with Gasteiger partial charge < -0.3 is 4.90 Å². The number of Topliss-reactive ketones (excluding diaryl/α,β-unsaturated/α-hetero) is 1. The predicted molar refractivity (Wildman–Crippen MR) is 84.8 cm³/mol. The van der Waals surface area contributed by atoms with Gasteiger partial charge in [0, 0.05) is 31.3 Å². The van der Waals surface area contributed by atoms with Gasteiger partial charge in [0.2, 0.25) is 0 Å². The first-order valence-electron chi connectivity index (χ1n) is 6.64. The van der Waals surface area contributed by atoms with Crippen LogP contribution in [0.5, 0.6) is 0 Å². The molecule has 0 saturated carbocycles. The van der Waals surface area contributed by atoms with Crippen LogP contribution in [0.3, 0.4) is 0 Å². The molecule has 0 fully saturated rings. The number of hydrogen-bond acceptors (Lipinski definition) is 2. The lowest BCUT2D eigenvalue weighted by Gasteiger charge is -2.21. The van der Waals surface area contributed by atoms with Crippen LogP contribution in [0.2, 0.25) is 5.02 Å². The Labute approximate surface area is 125 Å². The van der Waals surface area contributed by atoms with E-state index in [1.807, 2.05) is 31.3 Å². The molecule has 0 atom stereocenters. The third-order valence-corrected chi connectivity index (χ3v) is 3.70. The third-order valence-electron chi connectivity index (χ3n) is 3.38. The number of nitrogens with zero attached hydrogens (tertiary/aromatic N) is 1. The number of para-hydroxylation sites is 1. The summed E-state index contributed by atoms with van der Waals surface area (Å²) < 4.78 is 0. The molecule has 0 aliphatic heterocycles. The molecule has 0 bridgehead atoms. The van der Waals surface area contributed by atoms with Crippen molar-refractivity contribution in [2.45, 2.75) is 13.3 Å². The second kappa shape index (κ2) is 6.58. The Morgan fingerprint density at radius 1 is 1.10 bits per heavy atom. The van der Waals surface area contributed by atoms with Gasteiger partial charge in [0.25, 0.3) is 0 Å². The van der Waals surface area contributed by atoms with E-state index in [0.29, 0.717) is 23.6 Å². The zero-order chi connectivity index (χ0) is 14.5. The number of hydrogen-bond donors (Lipinski definition) is 0. The largest absolute Gasteiger partial charge is 0.374 e. The Balaban J connectivity index is 2.01. The van der Waals surface area contributed by atoms with Crippen molar-refractivity contribution in [1.82, 2.24) is 0 Å². The van der Waals surface area contributed by atoms with Gasteiger partial charge in [0.05, 0.1) is 5.02 Å². The summed E-state index contributed by atoms with van der Waals surface area (Å²) in [6.07, 6.45) is 0.453. The van der Waals surface area contributed by atoms with Gasteiger partial charge in [-0.1, -0.05) is 41.9 Å². The van der Waals surface area contributed by atoms with Gasteiger partial charge in [-0.3, -0.25) is 4.79 Å². The SMILES string of the molecule is Cc1ccccc1N(C)CCC(=O)c1ccccc1Cl. The minimum absolute atomic E-state index is 0.0797. The number of carbonyl (C=O) groups is 1. The van der Waals surface area contributed by atoms with Crippen LogP contribution < -0.4 is 4.90 Å². The van der Waals surface area contributed by atoms with Crippen LogP contribution in [0.25, 0.3) is 0 Å². The molecule has 2 nitrogen and oxygen atoms in total. The van der Waals surface area contributed by atoms with Crippen molar-refractivity contribution in [2.24, 2.45) is 0 Å². The maximum atomic E-state index is 12.2. The van der Waals surface area contributed by atoms with E-state index in [1.165, 1.54) is 5.56 Å². The summed E-state index contributed by atoms with van der Waals surface area (Å²) in [5.41, 5.74) is 2.96. The zero-order valence-electron chi connectivity index (χ0n) is 11.8. The Morgan fingerprint density at radius 3 is 2.45 bits per heavy atom. The number of carbonyl (C=O) groups excluding carboxylic acids is 1. The minimum atomic E-state index is 0.0797. The molecule has 0 unspecified atom stereocenters. The van der Waals surface area contributed by atoms with E-state index in [2.05, 4.69) is 24.0 Å². The zero-order valence-corrected chi connectivity index (χ0v) is 12.5. The van der Waals surface area contributed by atoms with Gasteiger partial charge in [-0.15, -0.1) is 0 Å². The molecular weight excluding hydrogens is 270 g/mol. The molecule has 2 aromatic carbocycles. The molecule has 104 valence electrons. The topological polar surface area (TPSA) is 20.3 Å². The number of halogens is 1. The number of ketones is 1. The molecule has 0 spiro atoms. The summed E-state index contributed by atoms with van der Waals surface area (Å²) >= 11 is 6.04. The van der Waals surface area contributed by atoms with E-state index in [-0.39, 0.29) is 5.78 Å². The monoisotopic (exact) mass is 287 g/mol. The van der Waals surface area contributed by atoms with Gasteiger partial charge in [0.1, 0.15) is 0 Å². The summed E-state index contributed by atoms with van der Waals surface area (Å²) in [4.78, 5) is 14.3. The second-order valence-electron chi connectivity index (χ2n) is 4.86. The summed E-state index contributed by atoms with van der Waals surface area (Å²) in [6.45, 7) is 2.75. The van der Waals surface area contributed by atoms with Gasteiger partial charge >= 0.3 is 0 Å². The van der Waals surface area contributed by atoms with E-state index in [0.717, 1.165) is 5.69 Å². The third kappa shape index (κ3) is 3.40. The molecule has 0 radical (unpaired) electrons. The Hall–Kier alpha value is -1.80. The molecule has 0 amide bonds. The first kappa shape index (κ1) is 14.6. The van der Waals surface area contributed by atoms with Crippen molar-refractivity contribution in [1.29, 1.82) is 0 Å². The van der Waals surface area contributed by atoms with Crippen LogP contribution in [0.4, 0.5) is 5.69 Å². The van der Waals surface area contributed by atoms with Crippen molar-refractivity contribution in [2.75, 3.05) is 18.5 Å². The van der Waals surface area contributed by atoms with Gasteiger partial charge in [-0.2, -0.15) is 0 Å². The molecule has 0 heterocycles. The Bertz CT molecular complexity index is 609. The average molecular weight is 288 g/mol. The molecule has 0 N–H and O–H groups in total.